The molecule has 0 aliphatic carbocycles. The zero-order chi connectivity index (χ0) is 12.8. The highest BCUT2D eigenvalue weighted by Crippen LogP contribution is 2.16. The average molecular weight is 244 g/mol. The van der Waals surface area contributed by atoms with E-state index in [0.717, 1.165) is 13.1 Å². The van der Waals surface area contributed by atoms with Gasteiger partial charge in [0, 0.05) is 24.7 Å². The summed E-state index contributed by atoms with van der Waals surface area (Å²) in [5.74, 6) is 0. The topological polar surface area (TPSA) is 8.17 Å². The number of nitrogens with zero attached hydrogens (tertiary/aromatic N) is 2. The van der Waals surface area contributed by atoms with E-state index in [0.29, 0.717) is 0 Å². The van der Waals surface area contributed by atoms with Crippen molar-refractivity contribution in [3.05, 3.63) is 36.5 Å². The Balaban J connectivity index is 2.22. The summed E-state index contributed by atoms with van der Waals surface area (Å²) in [5.41, 5.74) is 1.32. The predicted molar refractivity (Wildman–Crippen MR) is 79.7 cm³/mol. The van der Waals surface area contributed by atoms with Crippen LogP contribution in [0.2, 0.25) is 0 Å². The highest BCUT2D eigenvalue weighted by Gasteiger charge is 2.07. The van der Waals surface area contributed by atoms with Crippen LogP contribution in [0.1, 0.15) is 39.5 Å². The summed E-state index contributed by atoms with van der Waals surface area (Å²) >= 11 is 0. The molecular weight excluding hydrogens is 220 g/mol. The van der Waals surface area contributed by atoms with Gasteiger partial charge < -0.3 is 5.01 Å². The number of unbranched alkanes of at least 4 members (excludes halogenated alkanes) is 2. The first-order chi connectivity index (χ1) is 8.86. The van der Waals surface area contributed by atoms with Crippen molar-refractivity contribution in [3.8, 4) is 0 Å². The summed E-state index contributed by atoms with van der Waals surface area (Å²) in [4.78, 5) is 0. The highest BCUT2D eigenvalue weighted by atomic mass is 15.5. The third kappa shape index (κ3) is 2.87. The van der Waals surface area contributed by atoms with Crippen LogP contribution in [0.4, 0.5) is 0 Å². The minimum atomic E-state index is 1.15. The van der Waals surface area contributed by atoms with Crippen LogP contribution in [0.5, 0.6) is 0 Å². The van der Waals surface area contributed by atoms with E-state index in [4.69, 9.17) is 0 Å². The van der Waals surface area contributed by atoms with Crippen molar-refractivity contribution >= 4 is 10.9 Å². The molecule has 1 heterocycles. The monoisotopic (exact) mass is 244 g/mol. The Bertz CT molecular complexity index is 465. The summed E-state index contributed by atoms with van der Waals surface area (Å²) in [6.07, 6.45) is 7.23. The minimum Gasteiger partial charge on any atom is -0.313 e. The molecular formula is C16H24N2. The molecule has 0 aliphatic rings. The lowest BCUT2D eigenvalue weighted by Gasteiger charge is -2.26. The summed E-state index contributed by atoms with van der Waals surface area (Å²) in [7, 11) is 0. The quantitative estimate of drug-likeness (QED) is 0.709. The Labute approximate surface area is 110 Å². The lowest BCUT2D eigenvalue weighted by molar-refractivity contribution is 0.555. The van der Waals surface area contributed by atoms with Gasteiger partial charge in [-0.2, -0.15) is 0 Å². The molecule has 0 unspecified atom stereocenters. The molecule has 2 nitrogen and oxygen atoms in total. The molecule has 0 N–H and O–H groups in total. The van der Waals surface area contributed by atoms with Crippen molar-refractivity contribution in [2.45, 2.75) is 39.5 Å². The number of hydrogen-bond acceptors (Lipinski definition) is 1. The molecule has 0 fully saturated rings. The molecule has 2 aromatic rings. The summed E-state index contributed by atoms with van der Waals surface area (Å²) in [6.45, 7) is 6.81. The summed E-state index contributed by atoms with van der Waals surface area (Å²) in [6, 6.07) is 10.8. The third-order valence-electron chi connectivity index (χ3n) is 3.42. The first-order valence-electron chi connectivity index (χ1n) is 7.18. The van der Waals surface area contributed by atoms with Crippen molar-refractivity contribution in [1.82, 2.24) is 4.68 Å². The smallest absolute Gasteiger partial charge is 0.0694 e. The maximum Gasteiger partial charge on any atom is 0.0694 e. The molecule has 2 heteroatoms. The van der Waals surface area contributed by atoms with Crippen molar-refractivity contribution in [1.29, 1.82) is 0 Å². The molecule has 2 rings (SSSR count). The Morgan fingerprint density at radius 1 is 0.944 bits per heavy atom. The van der Waals surface area contributed by atoms with Crippen molar-refractivity contribution in [2.75, 3.05) is 18.1 Å². The van der Waals surface area contributed by atoms with Gasteiger partial charge in [-0.15, -0.1) is 0 Å². The fourth-order valence-electron chi connectivity index (χ4n) is 2.32. The lowest BCUT2D eigenvalue weighted by atomic mass is 10.2. The number of rotatable bonds is 7. The van der Waals surface area contributed by atoms with Crippen LogP contribution in [-0.2, 0) is 0 Å². The van der Waals surface area contributed by atoms with Crippen LogP contribution in [0.25, 0.3) is 10.9 Å². The zero-order valence-electron chi connectivity index (χ0n) is 11.6. The Morgan fingerprint density at radius 2 is 1.61 bits per heavy atom. The van der Waals surface area contributed by atoms with E-state index < -0.39 is 0 Å². The van der Waals surface area contributed by atoms with Gasteiger partial charge in [0.15, 0.2) is 0 Å². The second kappa shape index (κ2) is 6.48. The Kier molecular flexibility index (Phi) is 4.68. The van der Waals surface area contributed by atoms with Crippen molar-refractivity contribution in [3.63, 3.8) is 0 Å². The first-order valence-corrected chi connectivity index (χ1v) is 7.18. The molecule has 0 amide bonds. The van der Waals surface area contributed by atoms with Crippen LogP contribution in [0, 0.1) is 0 Å². The van der Waals surface area contributed by atoms with Gasteiger partial charge in [0.05, 0.1) is 5.52 Å². The number of hydrogen-bond donors (Lipinski definition) is 0. The predicted octanol–water partition coefficient (Wildman–Crippen LogP) is 4.18. The van der Waals surface area contributed by atoms with E-state index in [-0.39, 0.29) is 0 Å². The van der Waals surface area contributed by atoms with Gasteiger partial charge in [0.25, 0.3) is 0 Å². The highest BCUT2D eigenvalue weighted by molar-refractivity contribution is 5.80. The van der Waals surface area contributed by atoms with E-state index in [2.05, 4.69) is 60.1 Å². The zero-order valence-corrected chi connectivity index (χ0v) is 11.6. The van der Waals surface area contributed by atoms with E-state index in [1.54, 1.807) is 0 Å². The van der Waals surface area contributed by atoms with E-state index in [1.807, 2.05) is 0 Å². The van der Waals surface area contributed by atoms with E-state index >= 15 is 0 Å². The standard InChI is InChI=1S/C16H24N2/c1-3-5-12-17(13-6-4-2)18-14-11-15-9-7-8-10-16(15)18/h7-11,14H,3-6,12-13H2,1-2H3. The molecule has 0 saturated carbocycles. The Morgan fingerprint density at radius 3 is 2.28 bits per heavy atom. The molecule has 0 saturated heterocycles. The molecule has 1 aromatic heterocycles. The van der Waals surface area contributed by atoms with Gasteiger partial charge in [0.2, 0.25) is 0 Å². The van der Waals surface area contributed by atoms with Crippen LogP contribution >= 0.6 is 0 Å². The number of fused-ring (bicyclic) bond motifs is 1. The van der Waals surface area contributed by atoms with Gasteiger partial charge in [-0.3, -0.25) is 4.68 Å². The second-order valence-corrected chi connectivity index (χ2v) is 4.88. The van der Waals surface area contributed by atoms with Crippen LogP contribution in [0.3, 0.4) is 0 Å². The van der Waals surface area contributed by atoms with Gasteiger partial charge in [-0.1, -0.05) is 44.9 Å². The number of aromatic nitrogens is 1. The molecule has 0 radical (unpaired) electrons. The normalized spacial score (nSPS) is 11.0. The van der Waals surface area contributed by atoms with E-state index in [1.165, 1.54) is 36.6 Å². The van der Waals surface area contributed by atoms with Gasteiger partial charge in [0.1, 0.15) is 0 Å². The lowest BCUT2D eigenvalue weighted by Crippen LogP contribution is -2.35. The van der Waals surface area contributed by atoms with E-state index in [9.17, 15) is 0 Å². The fourth-order valence-corrected chi connectivity index (χ4v) is 2.32. The summed E-state index contributed by atoms with van der Waals surface area (Å²) < 4.78 is 2.33. The maximum absolute atomic E-state index is 2.48. The molecule has 0 atom stereocenters. The summed E-state index contributed by atoms with van der Waals surface area (Å²) in [5, 5.41) is 3.81. The van der Waals surface area contributed by atoms with Gasteiger partial charge in [-0.25, -0.2) is 0 Å². The molecule has 0 aliphatic heterocycles. The van der Waals surface area contributed by atoms with Crippen LogP contribution in [0.15, 0.2) is 36.5 Å². The minimum absolute atomic E-state index is 1.15. The second-order valence-electron chi connectivity index (χ2n) is 4.88. The van der Waals surface area contributed by atoms with Crippen molar-refractivity contribution < 1.29 is 0 Å². The Hall–Kier alpha value is -1.44. The third-order valence-corrected chi connectivity index (χ3v) is 3.42. The molecule has 18 heavy (non-hydrogen) atoms. The van der Waals surface area contributed by atoms with Crippen LogP contribution in [-0.4, -0.2) is 17.8 Å². The molecule has 1 aromatic carbocycles. The van der Waals surface area contributed by atoms with Crippen LogP contribution < -0.4 is 5.01 Å². The molecule has 98 valence electrons. The first kappa shape index (κ1) is 13.0. The average Bonchev–Trinajstić information content (AvgIpc) is 2.83. The van der Waals surface area contributed by atoms with Gasteiger partial charge in [-0.05, 0) is 25.0 Å². The fraction of sp³-hybridized carbons (Fsp3) is 0.500. The number of benzene rings is 1. The molecule has 0 bridgehead atoms. The number of para-hydroxylation sites is 1. The SMILES string of the molecule is CCCCN(CCCC)n1ccc2ccccc21. The van der Waals surface area contributed by atoms with Crippen molar-refractivity contribution in [2.24, 2.45) is 0 Å². The largest absolute Gasteiger partial charge is 0.313 e. The maximum atomic E-state index is 2.48. The molecule has 0 spiro atoms. The van der Waals surface area contributed by atoms with Gasteiger partial charge >= 0.3 is 0 Å².